The molecule has 0 amide bonds. The lowest BCUT2D eigenvalue weighted by Gasteiger charge is -2.26. The Morgan fingerprint density at radius 3 is 2.08 bits per heavy atom. The van der Waals surface area contributed by atoms with Gasteiger partial charge in [-0.15, -0.1) is 6.42 Å². The normalized spacial score (nSPS) is 13.4. The van der Waals surface area contributed by atoms with Gasteiger partial charge in [-0.25, -0.2) is 0 Å². The highest BCUT2D eigenvalue weighted by molar-refractivity contribution is 5.28. The van der Waals surface area contributed by atoms with Gasteiger partial charge in [-0.05, 0) is 11.0 Å². The SMILES string of the molecule is C#C[C@H](c1ccccc1)C(C)(C)C. The first-order valence-electron chi connectivity index (χ1n) is 4.57. The topological polar surface area (TPSA) is 0 Å². The Morgan fingerprint density at radius 1 is 1.15 bits per heavy atom. The van der Waals surface area contributed by atoms with Gasteiger partial charge < -0.3 is 0 Å². The van der Waals surface area contributed by atoms with Crippen molar-refractivity contribution in [3.8, 4) is 12.3 Å². The third-order valence-corrected chi connectivity index (χ3v) is 2.17. The predicted octanol–water partition coefficient (Wildman–Crippen LogP) is 3.45. The molecule has 1 atom stereocenters. The summed E-state index contributed by atoms with van der Waals surface area (Å²) in [6, 6.07) is 10.3. The third-order valence-electron chi connectivity index (χ3n) is 2.17. The lowest BCUT2D eigenvalue weighted by atomic mass is 9.77. The molecule has 0 N–H and O–H groups in total. The van der Waals surface area contributed by atoms with Gasteiger partial charge in [-0.1, -0.05) is 57.0 Å². The van der Waals surface area contributed by atoms with E-state index in [4.69, 9.17) is 6.42 Å². The zero-order chi connectivity index (χ0) is 9.90. The van der Waals surface area contributed by atoms with Crippen molar-refractivity contribution in [2.24, 2.45) is 5.41 Å². The van der Waals surface area contributed by atoms with Gasteiger partial charge in [0.15, 0.2) is 0 Å². The second kappa shape index (κ2) is 3.66. The number of hydrogen-bond acceptors (Lipinski definition) is 0. The van der Waals surface area contributed by atoms with Crippen LogP contribution in [0.1, 0.15) is 32.3 Å². The van der Waals surface area contributed by atoms with E-state index in [1.807, 2.05) is 18.2 Å². The molecule has 1 rings (SSSR count). The van der Waals surface area contributed by atoms with E-state index in [0.29, 0.717) is 0 Å². The summed E-state index contributed by atoms with van der Waals surface area (Å²) >= 11 is 0. The number of benzene rings is 1. The van der Waals surface area contributed by atoms with Crippen LogP contribution >= 0.6 is 0 Å². The second-order valence-corrected chi connectivity index (χ2v) is 4.38. The molecule has 1 aromatic carbocycles. The first kappa shape index (κ1) is 9.86. The highest BCUT2D eigenvalue weighted by Gasteiger charge is 2.23. The highest BCUT2D eigenvalue weighted by atomic mass is 14.3. The van der Waals surface area contributed by atoms with E-state index >= 15 is 0 Å². The molecule has 0 spiro atoms. The van der Waals surface area contributed by atoms with E-state index in [9.17, 15) is 0 Å². The summed E-state index contributed by atoms with van der Waals surface area (Å²) in [5.74, 6) is 3.06. The molecule has 0 aliphatic carbocycles. The number of rotatable bonds is 1. The van der Waals surface area contributed by atoms with Gasteiger partial charge in [0.25, 0.3) is 0 Å². The molecule has 68 valence electrons. The first-order valence-corrected chi connectivity index (χ1v) is 4.57. The second-order valence-electron chi connectivity index (χ2n) is 4.38. The minimum absolute atomic E-state index is 0.135. The van der Waals surface area contributed by atoms with Crippen molar-refractivity contribution in [3.63, 3.8) is 0 Å². The first-order chi connectivity index (χ1) is 6.05. The van der Waals surface area contributed by atoms with Crippen LogP contribution in [0.15, 0.2) is 30.3 Å². The average Bonchev–Trinajstić information content (AvgIpc) is 2.05. The molecule has 0 aliphatic heterocycles. The zero-order valence-electron chi connectivity index (χ0n) is 8.54. The molecule has 0 nitrogen and oxygen atoms in total. The summed E-state index contributed by atoms with van der Waals surface area (Å²) in [4.78, 5) is 0. The molecule has 0 aliphatic rings. The van der Waals surface area contributed by atoms with E-state index in [1.54, 1.807) is 0 Å². The van der Waals surface area contributed by atoms with Crippen LogP contribution in [0.25, 0.3) is 0 Å². The maximum Gasteiger partial charge on any atom is 0.0497 e. The molecule has 0 aromatic heterocycles. The van der Waals surface area contributed by atoms with Crippen molar-refractivity contribution >= 4 is 0 Å². The van der Waals surface area contributed by atoms with Gasteiger partial charge in [0, 0.05) is 5.92 Å². The molecule has 0 unspecified atom stereocenters. The summed E-state index contributed by atoms with van der Waals surface area (Å²) < 4.78 is 0. The standard InChI is InChI=1S/C13H16/c1-5-12(13(2,3)4)11-9-7-6-8-10-11/h1,6-10,12H,2-4H3/t12-/m1/s1. The van der Waals surface area contributed by atoms with Gasteiger partial charge in [0.05, 0.1) is 0 Å². The predicted molar refractivity (Wildman–Crippen MR) is 57.5 cm³/mol. The lowest BCUT2D eigenvalue weighted by Crippen LogP contribution is -2.16. The molecule has 1 aromatic rings. The van der Waals surface area contributed by atoms with Crippen molar-refractivity contribution in [2.45, 2.75) is 26.7 Å². The van der Waals surface area contributed by atoms with E-state index in [0.717, 1.165) is 0 Å². The fourth-order valence-corrected chi connectivity index (χ4v) is 1.49. The Labute approximate surface area is 81.0 Å². The fourth-order valence-electron chi connectivity index (χ4n) is 1.49. The quantitative estimate of drug-likeness (QED) is 0.569. The number of terminal acetylenes is 1. The Bertz CT molecular complexity index is 295. The molecule has 0 radical (unpaired) electrons. The smallest absolute Gasteiger partial charge is 0.0497 e. The van der Waals surface area contributed by atoms with E-state index < -0.39 is 0 Å². The van der Waals surface area contributed by atoms with Crippen LogP contribution < -0.4 is 0 Å². The van der Waals surface area contributed by atoms with Gasteiger partial charge in [0.1, 0.15) is 0 Å². The Kier molecular flexibility index (Phi) is 2.78. The molecule has 0 fully saturated rings. The van der Waals surface area contributed by atoms with E-state index in [2.05, 4.69) is 38.8 Å². The van der Waals surface area contributed by atoms with Gasteiger partial charge in [0.2, 0.25) is 0 Å². The monoisotopic (exact) mass is 172 g/mol. The maximum absolute atomic E-state index is 5.54. The van der Waals surface area contributed by atoms with Crippen LogP contribution in [0, 0.1) is 17.8 Å². The summed E-state index contributed by atoms with van der Waals surface area (Å²) in [5, 5.41) is 0. The van der Waals surface area contributed by atoms with Crippen molar-refractivity contribution in [2.75, 3.05) is 0 Å². The Hall–Kier alpha value is -1.22. The Balaban J connectivity index is 3.01. The van der Waals surface area contributed by atoms with Crippen LogP contribution in [0.2, 0.25) is 0 Å². The van der Waals surface area contributed by atoms with Crippen LogP contribution in [0.3, 0.4) is 0 Å². The number of hydrogen-bond donors (Lipinski definition) is 0. The van der Waals surface area contributed by atoms with Crippen LogP contribution in [0.4, 0.5) is 0 Å². The minimum Gasteiger partial charge on any atom is -0.119 e. The maximum atomic E-state index is 5.54. The molecular formula is C13H16. The summed E-state index contributed by atoms with van der Waals surface area (Å²) in [6.45, 7) is 6.51. The van der Waals surface area contributed by atoms with Crippen LogP contribution in [0.5, 0.6) is 0 Å². The summed E-state index contributed by atoms with van der Waals surface area (Å²) in [5.41, 5.74) is 1.37. The van der Waals surface area contributed by atoms with Crippen molar-refractivity contribution in [1.82, 2.24) is 0 Å². The minimum atomic E-state index is 0.135. The highest BCUT2D eigenvalue weighted by Crippen LogP contribution is 2.33. The van der Waals surface area contributed by atoms with Gasteiger partial charge in [-0.3, -0.25) is 0 Å². The van der Waals surface area contributed by atoms with Crippen molar-refractivity contribution in [3.05, 3.63) is 35.9 Å². The molecule has 13 heavy (non-hydrogen) atoms. The molecular weight excluding hydrogens is 156 g/mol. The fraction of sp³-hybridized carbons (Fsp3) is 0.385. The molecule has 0 saturated heterocycles. The molecule has 0 saturated carbocycles. The largest absolute Gasteiger partial charge is 0.119 e. The average molecular weight is 172 g/mol. The van der Waals surface area contributed by atoms with Crippen LogP contribution in [-0.2, 0) is 0 Å². The lowest BCUT2D eigenvalue weighted by molar-refractivity contribution is 0.375. The summed E-state index contributed by atoms with van der Waals surface area (Å²) in [6.07, 6.45) is 5.54. The molecule has 0 bridgehead atoms. The third kappa shape index (κ3) is 2.36. The van der Waals surface area contributed by atoms with Gasteiger partial charge >= 0.3 is 0 Å². The van der Waals surface area contributed by atoms with E-state index in [1.165, 1.54) is 5.56 Å². The zero-order valence-corrected chi connectivity index (χ0v) is 8.54. The summed E-state index contributed by atoms with van der Waals surface area (Å²) in [7, 11) is 0. The molecule has 0 heteroatoms. The van der Waals surface area contributed by atoms with Crippen molar-refractivity contribution in [1.29, 1.82) is 0 Å². The van der Waals surface area contributed by atoms with Gasteiger partial charge in [-0.2, -0.15) is 0 Å². The van der Waals surface area contributed by atoms with Crippen LogP contribution in [-0.4, -0.2) is 0 Å². The van der Waals surface area contributed by atoms with E-state index in [-0.39, 0.29) is 11.3 Å². The Morgan fingerprint density at radius 2 is 1.69 bits per heavy atom. The van der Waals surface area contributed by atoms with Crippen molar-refractivity contribution < 1.29 is 0 Å². The molecule has 0 heterocycles.